The first kappa shape index (κ1) is 17.6. The van der Waals surface area contributed by atoms with Crippen molar-refractivity contribution in [1.29, 1.82) is 0 Å². The molecule has 2 heterocycles. The number of thiazole rings is 1. The largest absolute Gasteiger partial charge is 0.861 e. The zero-order chi connectivity index (χ0) is 17.8. The Labute approximate surface area is 154 Å². The highest BCUT2D eigenvalue weighted by molar-refractivity contribution is 8.01. The molecule has 3 aromatic rings. The Morgan fingerprint density at radius 3 is 2.80 bits per heavy atom. The van der Waals surface area contributed by atoms with E-state index in [1.54, 1.807) is 10.9 Å². The fraction of sp³-hybridized carbons (Fsp3) is 0.294. The molecule has 0 aliphatic rings. The first-order chi connectivity index (χ1) is 12.0. The number of thioether (sulfide) groups is 1. The van der Waals surface area contributed by atoms with Gasteiger partial charge < -0.3 is 5.11 Å². The van der Waals surface area contributed by atoms with Gasteiger partial charge in [-0.05, 0) is 31.4 Å². The Morgan fingerprint density at radius 2 is 2.12 bits per heavy atom. The first-order valence-corrected chi connectivity index (χ1v) is 9.66. The van der Waals surface area contributed by atoms with Gasteiger partial charge in [-0.25, -0.2) is 9.98 Å². The van der Waals surface area contributed by atoms with Crippen molar-refractivity contribution in [2.75, 3.05) is 5.75 Å². The molecule has 6 nitrogen and oxygen atoms in total. The average molecular weight is 374 g/mol. The van der Waals surface area contributed by atoms with Crippen LogP contribution in [0.1, 0.15) is 25.5 Å². The van der Waals surface area contributed by atoms with Crippen LogP contribution in [0.25, 0.3) is 11.3 Å². The lowest BCUT2D eigenvalue weighted by atomic mass is 10.1. The second-order valence-electron chi connectivity index (χ2n) is 5.77. The lowest BCUT2D eigenvalue weighted by Crippen LogP contribution is -2.36. The summed E-state index contributed by atoms with van der Waals surface area (Å²) in [6, 6.07) is 8.38. The van der Waals surface area contributed by atoms with E-state index in [-0.39, 0.29) is 23.6 Å². The van der Waals surface area contributed by atoms with E-state index in [2.05, 4.69) is 34.3 Å². The van der Waals surface area contributed by atoms with Gasteiger partial charge in [-0.1, -0.05) is 41.6 Å². The van der Waals surface area contributed by atoms with Crippen LogP contribution in [0.4, 0.5) is 5.88 Å². The van der Waals surface area contributed by atoms with Gasteiger partial charge in [0.2, 0.25) is 5.27 Å². The summed E-state index contributed by atoms with van der Waals surface area (Å²) >= 11 is 2.90. The van der Waals surface area contributed by atoms with Gasteiger partial charge in [0, 0.05) is 16.7 Å². The summed E-state index contributed by atoms with van der Waals surface area (Å²) in [7, 11) is 0. The maximum atomic E-state index is 12.0. The van der Waals surface area contributed by atoms with Crippen LogP contribution in [-0.4, -0.2) is 21.9 Å². The molecule has 0 unspecified atom stereocenters. The number of nitrogens with zero attached hydrogens (tertiary/aromatic N) is 4. The van der Waals surface area contributed by atoms with E-state index in [4.69, 9.17) is 4.52 Å². The highest BCUT2D eigenvalue weighted by Crippen LogP contribution is 2.28. The van der Waals surface area contributed by atoms with Gasteiger partial charge in [-0.3, -0.25) is 4.52 Å². The van der Waals surface area contributed by atoms with Crippen molar-refractivity contribution in [3.63, 3.8) is 0 Å². The van der Waals surface area contributed by atoms with Gasteiger partial charge in [0.1, 0.15) is 0 Å². The van der Waals surface area contributed by atoms with Gasteiger partial charge >= 0.3 is 5.88 Å². The van der Waals surface area contributed by atoms with E-state index in [0.717, 1.165) is 15.6 Å². The maximum absolute atomic E-state index is 12.0. The molecular formula is C17H18N4O2S2. The molecule has 1 aromatic carbocycles. The number of aromatic nitrogens is 3. The minimum atomic E-state index is -0.274. The Kier molecular flexibility index (Phi) is 5.50. The number of hydrogen-bond acceptors (Lipinski definition) is 7. The van der Waals surface area contributed by atoms with Crippen molar-refractivity contribution in [3.8, 4) is 11.3 Å². The smallest absolute Gasteiger partial charge is 0.320 e. The van der Waals surface area contributed by atoms with Crippen LogP contribution in [0.15, 0.2) is 49.7 Å². The van der Waals surface area contributed by atoms with E-state index in [9.17, 15) is 5.11 Å². The van der Waals surface area contributed by atoms with Crippen LogP contribution in [0, 0.1) is 6.92 Å². The second-order valence-corrected chi connectivity index (χ2v) is 7.85. The van der Waals surface area contributed by atoms with Crippen LogP contribution < -0.4 is 9.79 Å². The average Bonchev–Trinajstić information content (AvgIpc) is 3.23. The molecular weight excluding hydrogens is 356 g/mol. The standard InChI is InChI=1S/C17H18N4O2S2/c1-11(2)21-8-16(23-20-21)19-15(22)10-25-17-18-14(9-24-17)13-6-4-12(3)5-7-13/h4-9,11H,10H2,1-3H3. The third kappa shape index (κ3) is 4.67. The molecule has 0 spiro atoms. The fourth-order valence-corrected chi connectivity index (χ4v) is 3.62. The number of aryl methyl sites for hydroxylation is 1. The molecule has 0 atom stereocenters. The van der Waals surface area contributed by atoms with Crippen molar-refractivity contribution >= 4 is 34.9 Å². The van der Waals surface area contributed by atoms with Crippen LogP contribution in [0.3, 0.4) is 0 Å². The first-order valence-electron chi connectivity index (χ1n) is 7.79. The predicted octanol–water partition coefficient (Wildman–Crippen LogP) is 3.16. The highest BCUT2D eigenvalue weighted by Gasteiger charge is 2.14. The molecule has 0 bridgehead atoms. The summed E-state index contributed by atoms with van der Waals surface area (Å²) in [5.74, 6) is 0.159. The molecule has 0 aliphatic heterocycles. The SMILES string of the molecule is Cc1ccc(-c2csc(SC/C([O-])=N/c3c[n+](C(C)C)no3)n2)cc1. The van der Waals surface area contributed by atoms with Gasteiger partial charge in [0.05, 0.1) is 5.69 Å². The number of benzene rings is 1. The maximum Gasteiger partial charge on any atom is 0.320 e. The zero-order valence-electron chi connectivity index (χ0n) is 14.2. The summed E-state index contributed by atoms with van der Waals surface area (Å²) in [4.78, 5) is 8.48. The quantitative estimate of drug-likeness (QED) is 0.287. The Bertz CT molecular complexity index is 869. The molecule has 130 valence electrons. The third-order valence-corrected chi connectivity index (χ3v) is 5.39. The molecule has 0 saturated heterocycles. The van der Waals surface area contributed by atoms with E-state index in [0.29, 0.717) is 0 Å². The summed E-state index contributed by atoms with van der Waals surface area (Å²) in [5.41, 5.74) is 3.21. The van der Waals surface area contributed by atoms with Gasteiger partial charge in [0.15, 0.2) is 10.4 Å². The van der Waals surface area contributed by atoms with Crippen molar-refractivity contribution in [1.82, 2.24) is 10.3 Å². The van der Waals surface area contributed by atoms with Crippen molar-refractivity contribution in [2.24, 2.45) is 4.99 Å². The summed E-state index contributed by atoms with van der Waals surface area (Å²) in [6.45, 7) is 5.99. The number of rotatable bonds is 6. The lowest BCUT2D eigenvalue weighted by Gasteiger charge is -2.06. The van der Waals surface area contributed by atoms with Gasteiger partial charge in [-0.15, -0.1) is 11.3 Å². The lowest BCUT2D eigenvalue weighted by molar-refractivity contribution is -0.779. The van der Waals surface area contributed by atoms with E-state index < -0.39 is 0 Å². The van der Waals surface area contributed by atoms with Crippen molar-refractivity contribution in [2.45, 2.75) is 31.2 Å². The van der Waals surface area contributed by atoms with Crippen molar-refractivity contribution in [3.05, 3.63) is 41.4 Å². The number of hydrogen-bond donors (Lipinski definition) is 0. The topological polar surface area (TPSA) is 78.2 Å². The van der Waals surface area contributed by atoms with Crippen molar-refractivity contribution < 1.29 is 14.3 Å². The monoisotopic (exact) mass is 374 g/mol. The molecule has 0 saturated carbocycles. The van der Waals surface area contributed by atoms with E-state index >= 15 is 0 Å². The molecule has 0 N–H and O–H groups in total. The molecule has 0 amide bonds. The van der Waals surface area contributed by atoms with Crippen LogP contribution in [0.2, 0.25) is 0 Å². The number of aliphatic imine (C=N–C) groups is 1. The minimum absolute atomic E-state index is 0.160. The van der Waals surface area contributed by atoms with Crippen LogP contribution in [-0.2, 0) is 0 Å². The van der Waals surface area contributed by atoms with Gasteiger partial charge in [0.25, 0.3) is 6.20 Å². The zero-order valence-corrected chi connectivity index (χ0v) is 15.8. The Hall–Kier alpha value is -2.19. The highest BCUT2D eigenvalue weighted by atomic mass is 32.2. The Balaban J connectivity index is 1.61. The molecule has 0 fully saturated rings. The Morgan fingerprint density at radius 1 is 1.36 bits per heavy atom. The summed E-state index contributed by atoms with van der Waals surface area (Å²) < 4.78 is 7.48. The molecule has 0 radical (unpaired) electrons. The van der Waals surface area contributed by atoms with Gasteiger partial charge in [-0.2, -0.15) is 0 Å². The van der Waals surface area contributed by atoms with Crippen LogP contribution >= 0.6 is 23.1 Å². The molecule has 25 heavy (non-hydrogen) atoms. The molecule has 2 aromatic heterocycles. The molecule has 0 aliphatic carbocycles. The summed E-state index contributed by atoms with van der Waals surface area (Å²) in [6.07, 6.45) is 1.62. The second kappa shape index (κ2) is 7.79. The van der Waals surface area contributed by atoms with E-state index in [1.165, 1.54) is 28.7 Å². The fourth-order valence-electron chi connectivity index (χ4n) is 2.00. The summed E-state index contributed by atoms with van der Waals surface area (Å²) in [5, 5.41) is 17.8. The molecule has 3 rings (SSSR count). The normalized spacial score (nSPS) is 12.1. The van der Waals surface area contributed by atoms with Crippen LogP contribution in [0.5, 0.6) is 0 Å². The van der Waals surface area contributed by atoms with E-state index in [1.807, 2.05) is 31.4 Å². The third-order valence-electron chi connectivity index (χ3n) is 3.38. The predicted molar refractivity (Wildman–Crippen MR) is 97.2 cm³/mol. The minimum Gasteiger partial charge on any atom is -0.861 e. The molecule has 8 heteroatoms.